The van der Waals surface area contributed by atoms with E-state index in [4.69, 9.17) is 9.84 Å². The van der Waals surface area contributed by atoms with E-state index in [1.807, 2.05) is 38.1 Å². The van der Waals surface area contributed by atoms with Crippen LogP contribution in [0.3, 0.4) is 0 Å². The predicted molar refractivity (Wildman–Crippen MR) is 72.0 cm³/mol. The van der Waals surface area contributed by atoms with Crippen molar-refractivity contribution in [3.8, 4) is 17.0 Å². The van der Waals surface area contributed by atoms with Crippen molar-refractivity contribution < 1.29 is 9.84 Å². The fourth-order valence-electron chi connectivity index (χ4n) is 1.71. The van der Waals surface area contributed by atoms with Gasteiger partial charge >= 0.3 is 0 Å². The molecule has 5 heteroatoms. The summed E-state index contributed by atoms with van der Waals surface area (Å²) in [5, 5.41) is 15.4. The third kappa shape index (κ3) is 3.20. The second-order valence-corrected chi connectivity index (χ2v) is 4.46. The van der Waals surface area contributed by atoms with Gasteiger partial charge in [-0.15, -0.1) is 0 Å². The maximum atomic E-state index is 11.3. The SMILES string of the molecule is CC(C)Oc1cccc(-c2cc(CO)c(=O)[nH]n2)c1. The highest BCUT2D eigenvalue weighted by atomic mass is 16.5. The van der Waals surface area contributed by atoms with Crippen LogP contribution in [0.15, 0.2) is 35.1 Å². The average molecular weight is 260 g/mol. The molecule has 2 rings (SSSR count). The highest BCUT2D eigenvalue weighted by Gasteiger charge is 2.06. The molecule has 0 fully saturated rings. The lowest BCUT2D eigenvalue weighted by Gasteiger charge is -2.10. The summed E-state index contributed by atoms with van der Waals surface area (Å²) in [5.41, 5.74) is 1.34. The first-order valence-corrected chi connectivity index (χ1v) is 6.06. The van der Waals surface area contributed by atoms with Gasteiger partial charge in [0.25, 0.3) is 5.56 Å². The largest absolute Gasteiger partial charge is 0.491 e. The van der Waals surface area contributed by atoms with Crippen molar-refractivity contribution in [1.29, 1.82) is 0 Å². The summed E-state index contributed by atoms with van der Waals surface area (Å²) >= 11 is 0. The molecule has 100 valence electrons. The highest BCUT2D eigenvalue weighted by Crippen LogP contribution is 2.22. The van der Waals surface area contributed by atoms with Crippen molar-refractivity contribution in [3.05, 3.63) is 46.2 Å². The molecule has 0 bridgehead atoms. The average Bonchev–Trinajstić information content (AvgIpc) is 2.39. The number of nitrogens with one attached hydrogen (secondary N) is 1. The van der Waals surface area contributed by atoms with Gasteiger partial charge in [-0.05, 0) is 32.0 Å². The summed E-state index contributed by atoms with van der Waals surface area (Å²) < 4.78 is 5.61. The Kier molecular flexibility index (Phi) is 3.97. The molecule has 0 saturated heterocycles. The van der Waals surface area contributed by atoms with Crippen LogP contribution in [0.25, 0.3) is 11.3 Å². The van der Waals surface area contributed by atoms with Gasteiger partial charge in [0.05, 0.1) is 18.4 Å². The number of H-pyrrole nitrogens is 1. The molecule has 0 amide bonds. The van der Waals surface area contributed by atoms with Crippen LogP contribution >= 0.6 is 0 Å². The first kappa shape index (κ1) is 13.3. The third-order valence-electron chi connectivity index (χ3n) is 2.55. The van der Waals surface area contributed by atoms with Crippen LogP contribution in [-0.2, 0) is 6.61 Å². The van der Waals surface area contributed by atoms with E-state index < -0.39 is 0 Å². The molecule has 1 aromatic carbocycles. The van der Waals surface area contributed by atoms with Gasteiger partial charge in [0.1, 0.15) is 5.75 Å². The summed E-state index contributed by atoms with van der Waals surface area (Å²) in [5.74, 6) is 0.742. The van der Waals surface area contributed by atoms with E-state index in [1.165, 1.54) is 0 Å². The molecular weight excluding hydrogens is 244 g/mol. The minimum atomic E-state index is -0.374. The van der Waals surface area contributed by atoms with Crippen molar-refractivity contribution in [2.75, 3.05) is 0 Å². The molecule has 0 spiro atoms. The molecule has 0 aliphatic rings. The number of hydrogen-bond donors (Lipinski definition) is 2. The van der Waals surface area contributed by atoms with Crippen molar-refractivity contribution in [3.63, 3.8) is 0 Å². The smallest absolute Gasteiger partial charge is 0.269 e. The number of rotatable bonds is 4. The molecule has 1 aromatic heterocycles. The van der Waals surface area contributed by atoms with Crippen LogP contribution in [0.4, 0.5) is 0 Å². The monoisotopic (exact) mass is 260 g/mol. The summed E-state index contributed by atoms with van der Waals surface area (Å²) in [7, 11) is 0. The fraction of sp³-hybridized carbons (Fsp3) is 0.286. The van der Waals surface area contributed by atoms with E-state index in [0.29, 0.717) is 11.3 Å². The Hall–Kier alpha value is -2.14. The predicted octanol–water partition coefficient (Wildman–Crippen LogP) is 1.72. The summed E-state index contributed by atoms with van der Waals surface area (Å²) in [4.78, 5) is 11.3. The van der Waals surface area contributed by atoms with Crippen LogP contribution in [-0.4, -0.2) is 21.4 Å². The van der Waals surface area contributed by atoms with Crippen molar-refractivity contribution in [1.82, 2.24) is 10.2 Å². The number of aromatic nitrogens is 2. The van der Waals surface area contributed by atoms with E-state index >= 15 is 0 Å². The van der Waals surface area contributed by atoms with Gasteiger partial charge in [0, 0.05) is 11.1 Å². The zero-order valence-electron chi connectivity index (χ0n) is 10.9. The molecule has 0 unspecified atom stereocenters. The topological polar surface area (TPSA) is 75.2 Å². The van der Waals surface area contributed by atoms with Crippen LogP contribution in [0, 0.1) is 0 Å². The van der Waals surface area contributed by atoms with E-state index in [-0.39, 0.29) is 18.3 Å². The molecule has 1 heterocycles. The van der Waals surface area contributed by atoms with Crippen LogP contribution in [0.1, 0.15) is 19.4 Å². The summed E-state index contributed by atoms with van der Waals surface area (Å²) in [6.45, 7) is 3.59. The number of aliphatic hydroxyl groups is 1. The quantitative estimate of drug-likeness (QED) is 0.877. The minimum absolute atomic E-state index is 0.0896. The fourth-order valence-corrected chi connectivity index (χ4v) is 1.71. The molecule has 2 aromatic rings. The maximum Gasteiger partial charge on any atom is 0.269 e. The zero-order valence-corrected chi connectivity index (χ0v) is 10.9. The molecular formula is C14H16N2O3. The maximum absolute atomic E-state index is 11.3. The van der Waals surface area contributed by atoms with E-state index in [0.717, 1.165) is 11.3 Å². The van der Waals surface area contributed by atoms with Gasteiger partial charge in [-0.2, -0.15) is 5.10 Å². The van der Waals surface area contributed by atoms with Crippen LogP contribution in [0.5, 0.6) is 5.75 Å². The third-order valence-corrected chi connectivity index (χ3v) is 2.55. The highest BCUT2D eigenvalue weighted by molar-refractivity contribution is 5.61. The van der Waals surface area contributed by atoms with Crippen molar-refractivity contribution in [2.45, 2.75) is 26.6 Å². The standard InChI is InChI=1S/C14H16N2O3/c1-9(2)19-12-5-3-4-10(6-12)13-7-11(8-17)14(18)16-15-13/h3-7,9,17H,8H2,1-2H3,(H,16,18). The molecule has 0 saturated carbocycles. The minimum Gasteiger partial charge on any atom is -0.491 e. The number of benzene rings is 1. The van der Waals surface area contributed by atoms with E-state index in [2.05, 4.69) is 10.2 Å². The molecule has 2 N–H and O–H groups in total. The lowest BCUT2D eigenvalue weighted by Crippen LogP contribution is -2.14. The first-order valence-electron chi connectivity index (χ1n) is 6.06. The number of aromatic amines is 1. The Morgan fingerprint density at radius 1 is 1.37 bits per heavy atom. The second kappa shape index (κ2) is 5.67. The molecule has 19 heavy (non-hydrogen) atoms. The number of aliphatic hydroxyl groups excluding tert-OH is 1. The molecule has 5 nitrogen and oxygen atoms in total. The van der Waals surface area contributed by atoms with E-state index in [9.17, 15) is 4.79 Å². The molecule has 0 atom stereocenters. The van der Waals surface area contributed by atoms with Gasteiger partial charge in [-0.25, -0.2) is 5.10 Å². The Morgan fingerprint density at radius 2 is 2.16 bits per heavy atom. The summed E-state index contributed by atoms with van der Waals surface area (Å²) in [6.07, 6.45) is 0.0896. The van der Waals surface area contributed by atoms with Crippen LogP contribution < -0.4 is 10.3 Å². The zero-order chi connectivity index (χ0) is 13.8. The lowest BCUT2D eigenvalue weighted by atomic mass is 10.1. The van der Waals surface area contributed by atoms with Crippen LogP contribution in [0.2, 0.25) is 0 Å². The Balaban J connectivity index is 2.38. The van der Waals surface area contributed by atoms with Gasteiger partial charge < -0.3 is 9.84 Å². The molecule has 0 aliphatic heterocycles. The Morgan fingerprint density at radius 3 is 2.84 bits per heavy atom. The van der Waals surface area contributed by atoms with Gasteiger partial charge in [-0.1, -0.05) is 12.1 Å². The number of ether oxygens (including phenoxy) is 1. The second-order valence-electron chi connectivity index (χ2n) is 4.46. The Bertz CT molecular complexity index is 620. The molecule has 0 radical (unpaired) electrons. The normalized spacial score (nSPS) is 10.7. The van der Waals surface area contributed by atoms with Crippen molar-refractivity contribution in [2.24, 2.45) is 0 Å². The first-order chi connectivity index (χ1) is 9.10. The summed E-state index contributed by atoms with van der Waals surface area (Å²) in [6, 6.07) is 9.02. The van der Waals surface area contributed by atoms with Gasteiger partial charge in [-0.3, -0.25) is 4.79 Å². The van der Waals surface area contributed by atoms with E-state index in [1.54, 1.807) is 6.07 Å². The number of nitrogens with zero attached hydrogens (tertiary/aromatic N) is 1. The van der Waals surface area contributed by atoms with Gasteiger partial charge in [0.2, 0.25) is 0 Å². The van der Waals surface area contributed by atoms with Gasteiger partial charge in [0.15, 0.2) is 0 Å². The van der Waals surface area contributed by atoms with Crippen molar-refractivity contribution >= 4 is 0 Å². The lowest BCUT2D eigenvalue weighted by molar-refractivity contribution is 0.242. The Labute approximate surface area is 110 Å². The molecule has 0 aliphatic carbocycles. The number of hydrogen-bond acceptors (Lipinski definition) is 4.